The monoisotopic (exact) mass is 262 g/mol. The molecule has 0 aromatic carbocycles. The molecule has 0 aliphatic rings. The molecule has 0 aliphatic carbocycles. The fraction of sp³-hybridized carbons (Fsp3) is 0.917. The lowest BCUT2D eigenvalue weighted by Crippen LogP contribution is -2.44. The second-order valence-electron chi connectivity index (χ2n) is 3.89. The predicted molar refractivity (Wildman–Crippen MR) is 75.4 cm³/mol. The van der Waals surface area contributed by atoms with Crippen LogP contribution in [0.25, 0.3) is 0 Å². The van der Waals surface area contributed by atoms with E-state index in [4.69, 9.17) is 21.7 Å². The van der Waals surface area contributed by atoms with Gasteiger partial charge >= 0.3 is 0 Å². The van der Waals surface area contributed by atoms with Crippen LogP contribution >= 0.6 is 12.2 Å². The maximum absolute atomic E-state index is 5.25. The lowest BCUT2D eigenvalue weighted by Gasteiger charge is -2.19. The second-order valence-corrected chi connectivity index (χ2v) is 4.30. The van der Waals surface area contributed by atoms with Crippen molar-refractivity contribution in [2.45, 2.75) is 39.2 Å². The van der Waals surface area contributed by atoms with Crippen molar-refractivity contribution in [2.24, 2.45) is 0 Å². The zero-order chi connectivity index (χ0) is 12.9. The number of hydrogen-bond acceptors (Lipinski definition) is 3. The van der Waals surface area contributed by atoms with Crippen molar-refractivity contribution in [1.29, 1.82) is 0 Å². The Bertz CT molecular complexity index is 185. The molecule has 0 radical (unpaired) electrons. The minimum atomic E-state index is 0.303. The largest absolute Gasteiger partial charge is 0.383 e. The Hall–Kier alpha value is -0.390. The summed E-state index contributed by atoms with van der Waals surface area (Å²) in [7, 11) is 1.71. The molecule has 1 atom stereocenters. The van der Waals surface area contributed by atoms with Crippen LogP contribution in [0.5, 0.6) is 0 Å². The van der Waals surface area contributed by atoms with E-state index in [9.17, 15) is 0 Å². The lowest BCUT2D eigenvalue weighted by atomic mass is 10.2. The summed E-state index contributed by atoms with van der Waals surface area (Å²) < 4.78 is 10.4. The molecule has 4 nitrogen and oxygen atoms in total. The molecule has 2 N–H and O–H groups in total. The number of methoxy groups -OCH3 is 1. The smallest absolute Gasteiger partial charge is 0.166 e. The van der Waals surface area contributed by atoms with E-state index in [0.29, 0.717) is 17.8 Å². The van der Waals surface area contributed by atoms with Crippen molar-refractivity contribution >= 4 is 17.3 Å². The first-order valence-electron chi connectivity index (χ1n) is 6.35. The zero-order valence-corrected chi connectivity index (χ0v) is 12.1. The van der Waals surface area contributed by atoms with Gasteiger partial charge in [-0.3, -0.25) is 0 Å². The van der Waals surface area contributed by atoms with Gasteiger partial charge in [-0.2, -0.15) is 0 Å². The van der Waals surface area contributed by atoms with E-state index in [1.165, 1.54) is 0 Å². The third kappa shape index (κ3) is 10.5. The summed E-state index contributed by atoms with van der Waals surface area (Å²) in [5.41, 5.74) is 0. The first-order chi connectivity index (χ1) is 8.24. The fourth-order valence-corrected chi connectivity index (χ4v) is 1.77. The van der Waals surface area contributed by atoms with E-state index in [2.05, 4.69) is 17.6 Å². The molecule has 0 aliphatic heterocycles. The van der Waals surface area contributed by atoms with Gasteiger partial charge < -0.3 is 20.1 Å². The Kier molecular flexibility index (Phi) is 11.8. The van der Waals surface area contributed by atoms with Gasteiger partial charge in [0.1, 0.15) is 0 Å². The predicted octanol–water partition coefficient (Wildman–Crippen LogP) is 1.69. The van der Waals surface area contributed by atoms with Crippen LogP contribution in [0, 0.1) is 0 Å². The molecule has 5 heteroatoms. The average molecular weight is 262 g/mol. The maximum atomic E-state index is 5.25. The summed E-state index contributed by atoms with van der Waals surface area (Å²) in [5.74, 6) is 0. The topological polar surface area (TPSA) is 42.5 Å². The van der Waals surface area contributed by atoms with Gasteiger partial charge in [-0.25, -0.2) is 0 Å². The Morgan fingerprint density at radius 1 is 1.35 bits per heavy atom. The molecule has 102 valence electrons. The molecule has 0 heterocycles. The van der Waals surface area contributed by atoms with Crippen LogP contribution in [0.4, 0.5) is 0 Å². The fourth-order valence-electron chi connectivity index (χ4n) is 1.50. The minimum absolute atomic E-state index is 0.303. The van der Waals surface area contributed by atoms with Gasteiger partial charge in [0, 0.05) is 26.9 Å². The quantitative estimate of drug-likeness (QED) is 0.463. The van der Waals surface area contributed by atoms with E-state index in [1.807, 2.05) is 6.92 Å². The van der Waals surface area contributed by atoms with E-state index >= 15 is 0 Å². The molecule has 0 saturated carbocycles. The highest BCUT2D eigenvalue weighted by molar-refractivity contribution is 7.80. The van der Waals surface area contributed by atoms with E-state index in [-0.39, 0.29) is 0 Å². The first kappa shape index (κ1) is 16.6. The molecule has 0 saturated heterocycles. The molecular weight excluding hydrogens is 236 g/mol. The van der Waals surface area contributed by atoms with Crippen LogP contribution in [0.3, 0.4) is 0 Å². The van der Waals surface area contributed by atoms with Crippen LogP contribution in [0.2, 0.25) is 0 Å². The van der Waals surface area contributed by atoms with Gasteiger partial charge in [-0.1, -0.05) is 13.3 Å². The van der Waals surface area contributed by atoms with Gasteiger partial charge in [0.25, 0.3) is 0 Å². The van der Waals surface area contributed by atoms with E-state index in [1.54, 1.807) is 7.11 Å². The second kappa shape index (κ2) is 12.1. The van der Waals surface area contributed by atoms with Crippen LogP contribution in [0.15, 0.2) is 0 Å². The molecule has 0 rings (SSSR count). The highest BCUT2D eigenvalue weighted by Gasteiger charge is 2.07. The Labute approximate surface area is 110 Å². The summed E-state index contributed by atoms with van der Waals surface area (Å²) in [6.45, 7) is 7.24. The molecule has 0 fully saturated rings. The molecule has 0 aromatic heterocycles. The maximum Gasteiger partial charge on any atom is 0.166 e. The zero-order valence-electron chi connectivity index (χ0n) is 11.3. The SMILES string of the molecule is CCCC(COC)NC(=S)NCCCOCC. The van der Waals surface area contributed by atoms with Crippen LogP contribution in [0.1, 0.15) is 33.1 Å². The summed E-state index contributed by atoms with van der Waals surface area (Å²) in [5, 5.41) is 7.14. The number of thiocarbonyl (C=S) groups is 1. The molecule has 0 aromatic rings. The minimum Gasteiger partial charge on any atom is -0.383 e. The molecule has 1 unspecified atom stereocenters. The Morgan fingerprint density at radius 2 is 2.12 bits per heavy atom. The van der Waals surface area contributed by atoms with Gasteiger partial charge in [-0.05, 0) is 32.0 Å². The van der Waals surface area contributed by atoms with Crippen LogP contribution in [-0.4, -0.2) is 44.6 Å². The average Bonchev–Trinajstić information content (AvgIpc) is 2.29. The lowest BCUT2D eigenvalue weighted by molar-refractivity contribution is 0.145. The molecule has 17 heavy (non-hydrogen) atoms. The molecule has 0 spiro atoms. The number of nitrogens with one attached hydrogen (secondary N) is 2. The number of rotatable bonds is 10. The highest BCUT2D eigenvalue weighted by Crippen LogP contribution is 1.96. The van der Waals surface area contributed by atoms with Crippen molar-refractivity contribution < 1.29 is 9.47 Å². The normalized spacial score (nSPS) is 12.2. The van der Waals surface area contributed by atoms with E-state index < -0.39 is 0 Å². The van der Waals surface area contributed by atoms with Crippen LogP contribution < -0.4 is 10.6 Å². The number of hydrogen-bond donors (Lipinski definition) is 2. The first-order valence-corrected chi connectivity index (χ1v) is 6.76. The number of ether oxygens (including phenoxy) is 2. The van der Waals surface area contributed by atoms with Crippen molar-refractivity contribution in [3.63, 3.8) is 0 Å². The Morgan fingerprint density at radius 3 is 2.71 bits per heavy atom. The van der Waals surface area contributed by atoms with Crippen molar-refractivity contribution in [3.05, 3.63) is 0 Å². The van der Waals surface area contributed by atoms with Crippen LogP contribution in [-0.2, 0) is 9.47 Å². The standard InChI is InChI=1S/C12H26N2O2S/c1-4-7-11(10-15-3)14-12(17)13-8-6-9-16-5-2/h11H,4-10H2,1-3H3,(H2,13,14,17). The van der Waals surface area contributed by atoms with Crippen molar-refractivity contribution in [2.75, 3.05) is 33.5 Å². The third-order valence-corrected chi connectivity index (χ3v) is 2.56. The highest BCUT2D eigenvalue weighted by atomic mass is 32.1. The summed E-state index contributed by atoms with van der Waals surface area (Å²) in [6.07, 6.45) is 3.15. The van der Waals surface area contributed by atoms with Crippen molar-refractivity contribution in [3.8, 4) is 0 Å². The van der Waals surface area contributed by atoms with Gasteiger partial charge in [0.05, 0.1) is 12.6 Å². The van der Waals surface area contributed by atoms with E-state index in [0.717, 1.165) is 39.0 Å². The van der Waals surface area contributed by atoms with Gasteiger partial charge in [0.2, 0.25) is 0 Å². The van der Waals surface area contributed by atoms with Crippen molar-refractivity contribution in [1.82, 2.24) is 10.6 Å². The summed E-state index contributed by atoms with van der Waals surface area (Å²) in [6, 6.07) is 0.303. The molecule has 0 amide bonds. The molecular formula is C12H26N2O2S. The van der Waals surface area contributed by atoms with Gasteiger partial charge in [-0.15, -0.1) is 0 Å². The summed E-state index contributed by atoms with van der Waals surface area (Å²) >= 11 is 5.22. The summed E-state index contributed by atoms with van der Waals surface area (Å²) in [4.78, 5) is 0. The van der Waals surface area contributed by atoms with Gasteiger partial charge in [0.15, 0.2) is 5.11 Å². The Balaban J connectivity index is 3.59. The third-order valence-electron chi connectivity index (χ3n) is 2.30. The molecule has 0 bridgehead atoms.